The molecule has 18 heavy (non-hydrogen) atoms. The van der Waals surface area contributed by atoms with Crippen molar-refractivity contribution in [3.05, 3.63) is 17.5 Å². The number of aromatic nitrogens is 2. The first kappa shape index (κ1) is 12.5. The van der Waals surface area contributed by atoms with Gasteiger partial charge in [-0.25, -0.2) is 0 Å². The number of methoxy groups -OCH3 is 3. The lowest BCUT2D eigenvalue weighted by molar-refractivity contribution is 0.325. The highest BCUT2D eigenvalue weighted by Gasteiger charge is 2.20. The summed E-state index contributed by atoms with van der Waals surface area (Å²) in [5, 5.41) is 3.69. The Labute approximate surface area is 108 Å². The van der Waals surface area contributed by atoms with Gasteiger partial charge in [0.05, 0.1) is 26.9 Å². The van der Waals surface area contributed by atoms with Gasteiger partial charge in [-0.3, -0.25) is 0 Å². The van der Waals surface area contributed by atoms with Gasteiger partial charge in [0.2, 0.25) is 11.6 Å². The number of hydrogen-bond acceptors (Lipinski definition) is 6. The second-order valence-electron chi connectivity index (χ2n) is 3.25. The lowest BCUT2D eigenvalue weighted by Crippen LogP contribution is -1.97. The van der Waals surface area contributed by atoms with E-state index < -0.39 is 0 Å². The fourth-order valence-corrected chi connectivity index (χ4v) is 1.71. The lowest BCUT2D eigenvalue weighted by Gasteiger charge is -2.13. The number of rotatable bonds is 4. The molecular weight excluding hydrogens is 260 g/mol. The molecular formula is C11H11ClN2O4. The molecule has 0 aliphatic rings. The second-order valence-corrected chi connectivity index (χ2v) is 3.58. The highest BCUT2D eigenvalue weighted by Crippen LogP contribution is 2.43. The molecule has 0 saturated heterocycles. The third-order valence-corrected chi connectivity index (χ3v) is 2.50. The Balaban J connectivity index is 2.61. The van der Waals surface area contributed by atoms with Crippen molar-refractivity contribution in [2.24, 2.45) is 0 Å². The predicted molar refractivity (Wildman–Crippen MR) is 64.4 cm³/mol. The molecule has 0 spiro atoms. The predicted octanol–water partition coefficient (Wildman–Crippen LogP) is 2.42. The highest BCUT2D eigenvalue weighted by atomic mass is 35.5. The minimum absolute atomic E-state index is 0.0400. The van der Waals surface area contributed by atoms with Crippen molar-refractivity contribution in [3.8, 4) is 28.6 Å². The largest absolute Gasteiger partial charge is 0.493 e. The van der Waals surface area contributed by atoms with E-state index >= 15 is 0 Å². The molecule has 2 rings (SSSR count). The van der Waals surface area contributed by atoms with Crippen LogP contribution in [0.2, 0.25) is 5.35 Å². The SMILES string of the molecule is COc1ccc(-c2noc(Cl)n2)c(OC)c1OC. The first-order valence-electron chi connectivity index (χ1n) is 4.99. The number of hydrogen-bond donors (Lipinski definition) is 0. The van der Waals surface area contributed by atoms with Crippen LogP contribution in [-0.2, 0) is 0 Å². The van der Waals surface area contributed by atoms with E-state index in [0.29, 0.717) is 28.6 Å². The molecule has 2 aromatic rings. The molecule has 6 nitrogen and oxygen atoms in total. The smallest absolute Gasteiger partial charge is 0.320 e. The van der Waals surface area contributed by atoms with Crippen molar-refractivity contribution in [3.63, 3.8) is 0 Å². The van der Waals surface area contributed by atoms with Crippen LogP contribution in [0.3, 0.4) is 0 Å². The van der Waals surface area contributed by atoms with Gasteiger partial charge in [-0.1, -0.05) is 5.16 Å². The van der Waals surface area contributed by atoms with E-state index in [9.17, 15) is 0 Å². The van der Waals surface area contributed by atoms with Gasteiger partial charge in [0.1, 0.15) is 0 Å². The van der Waals surface area contributed by atoms with E-state index in [1.165, 1.54) is 14.2 Å². The van der Waals surface area contributed by atoms with E-state index in [0.717, 1.165) is 0 Å². The van der Waals surface area contributed by atoms with Crippen LogP contribution in [0.15, 0.2) is 16.7 Å². The molecule has 0 aliphatic carbocycles. The molecule has 0 radical (unpaired) electrons. The molecule has 0 unspecified atom stereocenters. The maximum atomic E-state index is 5.60. The normalized spacial score (nSPS) is 10.2. The molecule has 0 amide bonds. The van der Waals surface area contributed by atoms with Crippen molar-refractivity contribution in [1.82, 2.24) is 10.1 Å². The summed E-state index contributed by atoms with van der Waals surface area (Å²) in [4.78, 5) is 3.93. The van der Waals surface area contributed by atoms with Crippen LogP contribution in [0.5, 0.6) is 17.2 Å². The van der Waals surface area contributed by atoms with Crippen LogP contribution in [-0.4, -0.2) is 31.5 Å². The van der Waals surface area contributed by atoms with E-state index in [1.54, 1.807) is 19.2 Å². The van der Waals surface area contributed by atoms with Crippen LogP contribution in [0.1, 0.15) is 0 Å². The summed E-state index contributed by atoms with van der Waals surface area (Å²) in [6, 6.07) is 3.46. The Morgan fingerprint density at radius 3 is 2.28 bits per heavy atom. The summed E-state index contributed by atoms with van der Waals surface area (Å²) < 4.78 is 20.5. The Kier molecular flexibility index (Phi) is 3.57. The third-order valence-electron chi connectivity index (χ3n) is 2.35. The van der Waals surface area contributed by atoms with Crippen LogP contribution >= 0.6 is 11.6 Å². The molecule has 1 heterocycles. The maximum absolute atomic E-state index is 5.60. The van der Waals surface area contributed by atoms with Crippen molar-refractivity contribution in [2.45, 2.75) is 0 Å². The fraction of sp³-hybridized carbons (Fsp3) is 0.273. The fourth-order valence-electron chi connectivity index (χ4n) is 1.59. The van der Waals surface area contributed by atoms with E-state index in [4.69, 9.17) is 30.3 Å². The maximum Gasteiger partial charge on any atom is 0.320 e. The van der Waals surface area contributed by atoms with Crippen LogP contribution in [0.25, 0.3) is 11.4 Å². The summed E-state index contributed by atoms with van der Waals surface area (Å²) in [6.45, 7) is 0. The highest BCUT2D eigenvalue weighted by molar-refractivity contribution is 6.27. The van der Waals surface area contributed by atoms with Gasteiger partial charge in [0.15, 0.2) is 11.5 Å². The number of benzene rings is 1. The Bertz CT molecular complexity index is 556. The Morgan fingerprint density at radius 2 is 1.78 bits per heavy atom. The van der Waals surface area contributed by atoms with E-state index in [-0.39, 0.29) is 5.35 Å². The molecule has 0 atom stereocenters. The number of ether oxygens (including phenoxy) is 3. The van der Waals surface area contributed by atoms with Crippen LogP contribution in [0, 0.1) is 0 Å². The molecule has 7 heteroatoms. The summed E-state index contributed by atoms with van der Waals surface area (Å²) >= 11 is 5.60. The molecule has 0 aliphatic heterocycles. The van der Waals surface area contributed by atoms with Gasteiger partial charge in [-0.2, -0.15) is 4.98 Å². The average molecular weight is 271 g/mol. The van der Waals surface area contributed by atoms with Gasteiger partial charge in [0, 0.05) is 0 Å². The molecule has 0 bridgehead atoms. The van der Waals surface area contributed by atoms with E-state index in [2.05, 4.69) is 10.1 Å². The van der Waals surface area contributed by atoms with Crippen molar-refractivity contribution >= 4 is 11.6 Å². The standard InChI is InChI=1S/C11H11ClN2O4/c1-15-7-5-4-6(8(16-2)9(7)17-3)10-13-11(12)18-14-10/h4-5H,1-3H3. The Hall–Kier alpha value is -1.95. The lowest BCUT2D eigenvalue weighted by atomic mass is 10.1. The summed E-state index contributed by atoms with van der Waals surface area (Å²) in [7, 11) is 4.58. The summed E-state index contributed by atoms with van der Waals surface area (Å²) in [6.07, 6.45) is 0. The van der Waals surface area contributed by atoms with Gasteiger partial charge < -0.3 is 18.7 Å². The van der Waals surface area contributed by atoms with Gasteiger partial charge in [-0.15, -0.1) is 0 Å². The molecule has 96 valence electrons. The first-order valence-corrected chi connectivity index (χ1v) is 5.37. The summed E-state index contributed by atoms with van der Waals surface area (Å²) in [5.41, 5.74) is 0.603. The number of halogens is 1. The van der Waals surface area contributed by atoms with Crippen LogP contribution in [0.4, 0.5) is 0 Å². The van der Waals surface area contributed by atoms with Crippen LogP contribution < -0.4 is 14.2 Å². The molecule has 0 saturated carbocycles. The summed E-state index contributed by atoms with van der Waals surface area (Å²) in [5.74, 6) is 1.78. The third kappa shape index (κ3) is 2.06. The average Bonchev–Trinajstić information content (AvgIpc) is 2.83. The molecule has 1 aromatic heterocycles. The zero-order chi connectivity index (χ0) is 13.1. The zero-order valence-corrected chi connectivity index (χ0v) is 10.8. The van der Waals surface area contributed by atoms with Crippen molar-refractivity contribution in [2.75, 3.05) is 21.3 Å². The van der Waals surface area contributed by atoms with Crippen molar-refractivity contribution < 1.29 is 18.7 Å². The Morgan fingerprint density at radius 1 is 1.06 bits per heavy atom. The second kappa shape index (κ2) is 5.14. The zero-order valence-electron chi connectivity index (χ0n) is 10.1. The van der Waals surface area contributed by atoms with Crippen molar-refractivity contribution in [1.29, 1.82) is 0 Å². The monoisotopic (exact) mass is 270 g/mol. The number of nitrogens with zero attached hydrogens (tertiary/aromatic N) is 2. The molecule has 0 N–H and O–H groups in total. The molecule has 0 fully saturated rings. The quantitative estimate of drug-likeness (QED) is 0.850. The van der Waals surface area contributed by atoms with E-state index in [1.807, 2.05) is 0 Å². The van der Waals surface area contributed by atoms with Gasteiger partial charge in [-0.05, 0) is 23.7 Å². The van der Waals surface area contributed by atoms with Gasteiger partial charge in [0.25, 0.3) is 0 Å². The first-order chi connectivity index (χ1) is 8.71. The minimum atomic E-state index is -0.0400. The topological polar surface area (TPSA) is 66.6 Å². The van der Waals surface area contributed by atoms with Gasteiger partial charge >= 0.3 is 5.35 Å². The minimum Gasteiger partial charge on any atom is -0.493 e. The molecule has 1 aromatic carbocycles.